The summed E-state index contributed by atoms with van der Waals surface area (Å²) in [5, 5.41) is 9.15. The van der Waals surface area contributed by atoms with Crippen LogP contribution in [0.2, 0.25) is 0 Å². The molecular formula is C20H19FN2O4. The van der Waals surface area contributed by atoms with E-state index in [0.717, 1.165) is 11.3 Å². The zero-order valence-corrected chi connectivity index (χ0v) is 14.8. The van der Waals surface area contributed by atoms with Gasteiger partial charge in [0.2, 0.25) is 5.91 Å². The predicted octanol–water partition coefficient (Wildman–Crippen LogP) is 2.46. The molecule has 0 aliphatic carbocycles. The standard InChI is InChI=1S/C20H19FN2O4/c1-13(24)23-9-8-15-10-16(4-7-18(15)23)20(27)22(12-19(25)26)11-14-2-5-17(21)6-3-14/h2-7,10H,8-9,11-12H2,1H3,(H,25,26). The van der Waals surface area contributed by atoms with Crippen LogP contribution in [-0.2, 0) is 22.6 Å². The fraction of sp³-hybridized carbons (Fsp3) is 0.250. The monoisotopic (exact) mass is 370 g/mol. The van der Waals surface area contributed by atoms with Gasteiger partial charge < -0.3 is 14.9 Å². The van der Waals surface area contributed by atoms with E-state index in [1.807, 2.05) is 0 Å². The highest BCUT2D eigenvalue weighted by molar-refractivity contribution is 5.98. The van der Waals surface area contributed by atoms with Crippen molar-refractivity contribution in [3.8, 4) is 0 Å². The van der Waals surface area contributed by atoms with Gasteiger partial charge in [-0.05, 0) is 47.9 Å². The molecule has 2 amide bonds. The van der Waals surface area contributed by atoms with Crippen molar-refractivity contribution in [3.05, 3.63) is 65.0 Å². The van der Waals surface area contributed by atoms with E-state index >= 15 is 0 Å². The lowest BCUT2D eigenvalue weighted by Gasteiger charge is -2.21. The summed E-state index contributed by atoms with van der Waals surface area (Å²) in [7, 11) is 0. The second-order valence-corrected chi connectivity index (χ2v) is 6.45. The van der Waals surface area contributed by atoms with Crippen LogP contribution >= 0.6 is 0 Å². The number of benzene rings is 2. The molecule has 2 aromatic carbocycles. The molecule has 0 fully saturated rings. The number of hydrogen-bond acceptors (Lipinski definition) is 3. The lowest BCUT2D eigenvalue weighted by Crippen LogP contribution is -2.35. The highest BCUT2D eigenvalue weighted by Crippen LogP contribution is 2.29. The lowest BCUT2D eigenvalue weighted by atomic mass is 10.1. The average Bonchev–Trinajstić information content (AvgIpc) is 3.05. The van der Waals surface area contributed by atoms with E-state index in [1.54, 1.807) is 23.1 Å². The number of amides is 2. The Labute approximate surface area is 155 Å². The molecule has 0 spiro atoms. The van der Waals surface area contributed by atoms with Gasteiger partial charge in [0.25, 0.3) is 5.91 Å². The van der Waals surface area contributed by atoms with Gasteiger partial charge in [-0.15, -0.1) is 0 Å². The number of carbonyl (C=O) groups excluding carboxylic acids is 2. The van der Waals surface area contributed by atoms with Crippen LogP contribution in [0, 0.1) is 5.82 Å². The molecule has 2 aromatic rings. The SMILES string of the molecule is CC(=O)N1CCc2cc(C(=O)N(CC(=O)O)Cc3ccc(F)cc3)ccc21. The van der Waals surface area contributed by atoms with E-state index in [0.29, 0.717) is 24.1 Å². The Morgan fingerprint density at radius 1 is 1.15 bits per heavy atom. The minimum atomic E-state index is -1.13. The number of carbonyl (C=O) groups is 3. The molecule has 140 valence electrons. The number of carboxylic acids is 1. The Balaban J connectivity index is 1.84. The highest BCUT2D eigenvalue weighted by atomic mass is 19.1. The maximum Gasteiger partial charge on any atom is 0.323 e. The average molecular weight is 370 g/mol. The number of rotatable bonds is 5. The molecule has 0 saturated carbocycles. The summed E-state index contributed by atoms with van der Waals surface area (Å²) in [6.45, 7) is 1.65. The van der Waals surface area contributed by atoms with Crippen LogP contribution in [-0.4, -0.2) is 40.9 Å². The normalized spacial score (nSPS) is 12.6. The van der Waals surface area contributed by atoms with Crippen LogP contribution in [0.1, 0.15) is 28.4 Å². The van der Waals surface area contributed by atoms with E-state index in [2.05, 4.69) is 0 Å². The molecule has 3 rings (SSSR count). The molecule has 1 N–H and O–H groups in total. The first-order chi connectivity index (χ1) is 12.8. The van der Waals surface area contributed by atoms with Gasteiger partial charge in [-0.25, -0.2) is 4.39 Å². The molecule has 27 heavy (non-hydrogen) atoms. The van der Waals surface area contributed by atoms with Gasteiger partial charge in [0.15, 0.2) is 0 Å². The van der Waals surface area contributed by atoms with Crippen molar-refractivity contribution in [2.45, 2.75) is 19.9 Å². The third kappa shape index (κ3) is 4.13. The third-order valence-corrected chi connectivity index (χ3v) is 4.50. The van der Waals surface area contributed by atoms with Crippen LogP contribution in [0.4, 0.5) is 10.1 Å². The highest BCUT2D eigenvalue weighted by Gasteiger charge is 2.25. The first-order valence-electron chi connectivity index (χ1n) is 8.51. The van der Waals surface area contributed by atoms with Gasteiger partial charge in [-0.1, -0.05) is 12.1 Å². The molecule has 7 heteroatoms. The zero-order valence-electron chi connectivity index (χ0n) is 14.8. The second kappa shape index (κ2) is 7.57. The topological polar surface area (TPSA) is 77.9 Å². The van der Waals surface area contributed by atoms with E-state index in [1.165, 1.54) is 36.1 Å². The van der Waals surface area contributed by atoms with E-state index < -0.39 is 24.2 Å². The van der Waals surface area contributed by atoms with Gasteiger partial charge in [-0.2, -0.15) is 0 Å². The summed E-state index contributed by atoms with van der Waals surface area (Å²) < 4.78 is 13.1. The smallest absolute Gasteiger partial charge is 0.323 e. The Bertz CT molecular complexity index is 895. The van der Waals surface area contributed by atoms with Crippen molar-refractivity contribution in [1.82, 2.24) is 4.90 Å². The van der Waals surface area contributed by atoms with Gasteiger partial charge in [0, 0.05) is 31.3 Å². The summed E-state index contributed by atoms with van der Waals surface area (Å²) >= 11 is 0. The largest absolute Gasteiger partial charge is 0.480 e. The Hall–Kier alpha value is -3.22. The Morgan fingerprint density at radius 2 is 1.85 bits per heavy atom. The number of nitrogens with zero attached hydrogens (tertiary/aromatic N) is 2. The minimum Gasteiger partial charge on any atom is -0.480 e. The summed E-state index contributed by atoms with van der Waals surface area (Å²) in [4.78, 5) is 38.6. The molecule has 0 atom stereocenters. The number of fused-ring (bicyclic) bond motifs is 1. The van der Waals surface area contributed by atoms with Crippen molar-refractivity contribution in [3.63, 3.8) is 0 Å². The fourth-order valence-corrected chi connectivity index (χ4v) is 3.22. The number of hydrogen-bond donors (Lipinski definition) is 1. The molecule has 1 aliphatic rings. The van der Waals surface area contributed by atoms with E-state index in [4.69, 9.17) is 5.11 Å². The van der Waals surface area contributed by atoms with Crippen molar-refractivity contribution < 1.29 is 23.9 Å². The maximum atomic E-state index is 13.1. The number of carboxylic acid groups (broad SMARTS) is 1. The molecule has 0 unspecified atom stereocenters. The number of aliphatic carboxylic acids is 1. The molecule has 6 nitrogen and oxygen atoms in total. The van der Waals surface area contributed by atoms with Gasteiger partial charge in [0.1, 0.15) is 12.4 Å². The van der Waals surface area contributed by atoms with Gasteiger partial charge in [0.05, 0.1) is 0 Å². The molecule has 1 heterocycles. The van der Waals surface area contributed by atoms with Crippen LogP contribution in [0.15, 0.2) is 42.5 Å². The maximum absolute atomic E-state index is 13.1. The molecular weight excluding hydrogens is 351 g/mol. The van der Waals surface area contributed by atoms with Crippen molar-refractivity contribution in [2.75, 3.05) is 18.0 Å². The first-order valence-corrected chi connectivity index (χ1v) is 8.51. The molecule has 0 bridgehead atoms. The molecule has 0 aromatic heterocycles. The summed E-state index contributed by atoms with van der Waals surface area (Å²) in [5.41, 5.74) is 2.66. The minimum absolute atomic E-state index is 0.0576. The molecule has 1 aliphatic heterocycles. The second-order valence-electron chi connectivity index (χ2n) is 6.45. The quantitative estimate of drug-likeness (QED) is 0.877. The summed E-state index contributed by atoms with van der Waals surface area (Å²) in [5.74, 6) is -2.01. The Morgan fingerprint density at radius 3 is 2.48 bits per heavy atom. The Kier molecular flexibility index (Phi) is 5.21. The lowest BCUT2D eigenvalue weighted by molar-refractivity contribution is -0.137. The summed E-state index contributed by atoms with van der Waals surface area (Å²) in [6, 6.07) is 10.6. The van der Waals surface area contributed by atoms with Crippen LogP contribution < -0.4 is 4.90 Å². The van der Waals surface area contributed by atoms with Crippen LogP contribution in [0.3, 0.4) is 0 Å². The zero-order chi connectivity index (χ0) is 19.6. The predicted molar refractivity (Wildman–Crippen MR) is 96.9 cm³/mol. The summed E-state index contributed by atoms with van der Waals surface area (Å²) in [6.07, 6.45) is 0.646. The van der Waals surface area contributed by atoms with Crippen LogP contribution in [0.25, 0.3) is 0 Å². The molecule has 0 saturated heterocycles. The van der Waals surface area contributed by atoms with E-state index in [-0.39, 0.29) is 12.5 Å². The van der Waals surface area contributed by atoms with Gasteiger partial charge >= 0.3 is 5.97 Å². The van der Waals surface area contributed by atoms with Crippen LogP contribution in [0.5, 0.6) is 0 Å². The molecule has 0 radical (unpaired) electrons. The number of anilines is 1. The van der Waals surface area contributed by atoms with E-state index in [9.17, 15) is 18.8 Å². The van der Waals surface area contributed by atoms with Crippen molar-refractivity contribution >= 4 is 23.5 Å². The van der Waals surface area contributed by atoms with Crippen molar-refractivity contribution in [1.29, 1.82) is 0 Å². The first kappa shape index (κ1) is 18.6. The van der Waals surface area contributed by atoms with Crippen molar-refractivity contribution in [2.24, 2.45) is 0 Å². The third-order valence-electron chi connectivity index (χ3n) is 4.50. The number of halogens is 1. The van der Waals surface area contributed by atoms with Gasteiger partial charge in [-0.3, -0.25) is 14.4 Å². The fourth-order valence-electron chi connectivity index (χ4n) is 3.22.